The van der Waals surface area contributed by atoms with E-state index in [1.54, 1.807) is 24.5 Å². The Labute approximate surface area is 155 Å². The van der Waals surface area contributed by atoms with E-state index in [2.05, 4.69) is 19.9 Å². The van der Waals surface area contributed by atoms with E-state index in [9.17, 15) is 15.2 Å². The number of para-hydroxylation sites is 1. The van der Waals surface area contributed by atoms with Crippen LogP contribution < -0.4 is 0 Å². The average Bonchev–Trinajstić information content (AvgIpc) is 2.69. The molecule has 8 nitrogen and oxygen atoms in total. The summed E-state index contributed by atoms with van der Waals surface area (Å²) in [6, 6.07) is 8.36. The van der Waals surface area contributed by atoms with Gasteiger partial charge in [0.1, 0.15) is 0 Å². The zero-order valence-corrected chi connectivity index (χ0v) is 14.4. The summed E-state index contributed by atoms with van der Waals surface area (Å²) >= 11 is 0. The molecular weight excluding hydrogens is 346 g/mol. The van der Waals surface area contributed by atoms with Crippen molar-refractivity contribution in [2.75, 3.05) is 6.54 Å². The molecule has 4 rings (SSSR count). The molecule has 0 atom stereocenters. The summed E-state index contributed by atoms with van der Waals surface area (Å²) in [7, 11) is 0. The Bertz CT molecular complexity index is 994. The summed E-state index contributed by atoms with van der Waals surface area (Å²) in [6.45, 7) is 1.81. The number of nitro groups is 1. The molecule has 0 saturated carbocycles. The number of hydrogen-bond acceptors (Lipinski definition) is 7. The number of nitrogens with zero attached hydrogens (tertiary/aromatic N) is 5. The minimum absolute atomic E-state index is 0.266. The number of phenols is 1. The number of rotatable bonds is 4. The van der Waals surface area contributed by atoms with Crippen LogP contribution in [0.1, 0.15) is 16.8 Å². The number of pyridine rings is 1. The number of aromatic hydroxyl groups is 1. The smallest absolute Gasteiger partial charge is 0.311 e. The van der Waals surface area contributed by atoms with Crippen LogP contribution in [0, 0.1) is 10.1 Å². The molecule has 1 N–H and O–H groups in total. The topological polar surface area (TPSA) is 105 Å². The minimum Gasteiger partial charge on any atom is -0.502 e. The van der Waals surface area contributed by atoms with Crippen molar-refractivity contribution in [1.29, 1.82) is 0 Å². The van der Waals surface area contributed by atoms with Crippen molar-refractivity contribution in [3.05, 3.63) is 75.9 Å². The van der Waals surface area contributed by atoms with Gasteiger partial charge in [0.05, 0.1) is 10.6 Å². The maximum Gasteiger partial charge on any atom is 0.311 e. The van der Waals surface area contributed by atoms with Crippen molar-refractivity contribution in [3.8, 4) is 17.1 Å². The molecule has 136 valence electrons. The van der Waals surface area contributed by atoms with Crippen molar-refractivity contribution in [1.82, 2.24) is 19.9 Å². The number of phenolic OH excluding ortho intramolecular Hbond substituents is 1. The first-order chi connectivity index (χ1) is 13.1. The summed E-state index contributed by atoms with van der Waals surface area (Å²) in [5.74, 6) is 0.415. The van der Waals surface area contributed by atoms with Crippen molar-refractivity contribution < 1.29 is 10.0 Å². The van der Waals surface area contributed by atoms with Crippen LogP contribution in [0.25, 0.3) is 11.4 Å². The highest BCUT2D eigenvalue weighted by Crippen LogP contribution is 2.31. The van der Waals surface area contributed by atoms with Crippen LogP contribution in [0.15, 0.2) is 48.9 Å². The molecule has 3 aromatic rings. The van der Waals surface area contributed by atoms with E-state index in [0.29, 0.717) is 24.5 Å². The van der Waals surface area contributed by atoms with E-state index in [0.717, 1.165) is 29.8 Å². The molecule has 0 saturated heterocycles. The van der Waals surface area contributed by atoms with Crippen LogP contribution in [0.4, 0.5) is 5.69 Å². The first kappa shape index (κ1) is 17.0. The molecule has 27 heavy (non-hydrogen) atoms. The quantitative estimate of drug-likeness (QED) is 0.561. The highest BCUT2D eigenvalue weighted by Gasteiger charge is 2.22. The molecule has 1 aromatic carbocycles. The molecule has 0 aliphatic carbocycles. The lowest BCUT2D eigenvalue weighted by molar-refractivity contribution is -0.385. The van der Waals surface area contributed by atoms with Crippen LogP contribution in [-0.4, -0.2) is 36.4 Å². The summed E-state index contributed by atoms with van der Waals surface area (Å²) < 4.78 is 0. The van der Waals surface area contributed by atoms with Gasteiger partial charge in [-0.2, -0.15) is 0 Å². The first-order valence-corrected chi connectivity index (χ1v) is 8.54. The van der Waals surface area contributed by atoms with Gasteiger partial charge in [0.25, 0.3) is 0 Å². The normalized spacial score (nSPS) is 13.9. The van der Waals surface area contributed by atoms with Crippen molar-refractivity contribution in [2.45, 2.75) is 19.5 Å². The molecule has 1 aliphatic heterocycles. The highest BCUT2D eigenvalue weighted by molar-refractivity contribution is 5.54. The molecule has 0 radical (unpaired) electrons. The zero-order valence-electron chi connectivity index (χ0n) is 14.4. The number of hydrogen-bond donors (Lipinski definition) is 1. The van der Waals surface area contributed by atoms with E-state index in [-0.39, 0.29) is 11.4 Å². The number of benzene rings is 1. The van der Waals surface area contributed by atoms with Gasteiger partial charge in [-0.05, 0) is 12.1 Å². The second kappa shape index (κ2) is 7.08. The second-order valence-electron chi connectivity index (χ2n) is 6.40. The largest absolute Gasteiger partial charge is 0.502 e. The SMILES string of the molecule is O=[N+]([O-])c1cccc(CN2CCc3nc(-c4ccncc4)ncc3C2)c1O. The Hall–Kier alpha value is -3.39. The lowest BCUT2D eigenvalue weighted by Gasteiger charge is -2.28. The van der Waals surface area contributed by atoms with Gasteiger partial charge < -0.3 is 5.11 Å². The van der Waals surface area contributed by atoms with Crippen molar-refractivity contribution in [3.63, 3.8) is 0 Å². The summed E-state index contributed by atoms with van der Waals surface area (Å²) in [5, 5.41) is 21.1. The molecule has 8 heteroatoms. The lowest BCUT2D eigenvalue weighted by Crippen LogP contribution is -2.31. The van der Waals surface area contributed by atoms with Crippen LogP contribution in [0.3, 0.4) is 0 Å². The fourth-order valence-corrected chi connectivity index (χ4v) is 3.24. The first-order valence-electron chi connectivity index (χ1n) is 8.54. The molecular formula is C19H17N5O3. The van der Waals surface area contributed by atoms with Gasteiger partial charge in [0.15, 0.2) is 11.6 Å². The van der Waals surface area contributed by atoms with Crippen molar-refractivity contribution in [2.24, 2.45) is 0 Å². The van der Waals surface area contributed by atoms with Gasteiger partial charge in [-0.1, -0.05) is 12.1 Å². The van der Waals surface area contributed by atoms with E-state index in [1.165, 1.54) is 6.07 Å². The van der Waals surface area contributed by atoms with E-state index in [1.807, 2.05) is 18.3 Å². The third-order valence-electron chi connectivity index (χ3n) is 4.64. The summed E-state index contributed by atoms with van der Waals surface area (Å²) in [4.78, 5) is 25.7. The van der Waals surface area contributed by atoms with Gasteiger partial charge in [0.2, 0.25) is 0 Å². The lowest BCUT2D eigenvalue weighted by atomic mass is 10.1. The molecule has 0 spiro atoms. The second-order valence-corrected chi connectivity index (χ2v) is 6.40. The molecule has 0 unspecified atom stereocenters. The predicted molar refractivity (Wildman–Crippen MR) is 97.8 cm³/mol. The van der Waals surface area contributed by atoms with Crippen LogP contribution in [0.2, 0.25) is 0 Å². The molecule has 3 heterocycles. The van der Waals surface area contributed by atoms with E-state index < -0.39 is 4.92 Å². The Morgan fingerprint density at radius 3 is 2.81 bits per heavy atom. The van der Waals surface area contributed by atoms with Gasteiger partial charge in [-0.25, -0.2) is 9.97 Å². The fourth-order valence-electron chi connectivity index (χ4n) is 3.24. The maximum absolute atomic E-state index is 11.0. The number of fused-ring (bicyclic) bond motifs is 1. The van der Waals surface area contributed by atoms with Crippen molar-refractivity contribution >= 4 is 5.69 Å². The Morgan fingerprint density at radius 1 is 1.22 bits per heavy atom. The summed E-state index contributed by atoms with van der Waals surface area (Å²) in [6.07, 6.45) is 6.01. The standard InChI is InChI=1S/C19H17N5O3/c25-18-14(2-1-3-17(18)24(26)27)11-23-9-6-16-15(12-23)10-21-19(22-16)13-4-7-20-8-5-13/h1-5,7-8,10,25H,6,9,11-12H2. The van der Waals surface area contributed by atoms with Gasteiger partial charge in [-0.15, -0.1) is 0 Å². The Kier molecular flexibility index (Phi) is 4.47. The van der Waals surface area contributed by atoms with Gasteiger partial charge in [0, 0.05) is 67.4 Å². The monoisotopic (exact) mass is 363 g/mol. The molecule has 0 bridgehead atoms. The van der Waals surface area contributed by atoms with Gasteiger partial charge >= 0.3 is 5.69 Å². The molecule has 0 fully saturated rings. The average molecular weight is 363 g/mol. The molecule has 2 aromatic heterocycles. The fraction of sp³-hybridized carbons (Fsp3) is 0.211. The number of nitro benzene ring substituents is 1. The van der Waals surface area contributed by atoms with Crippen LogP contribution in [-0.2, 0) is 19.5 Å². The molecule has 1 aliphatic rings. The zero-order chi connectivity index (χ0) is 18.8. The molecule has 0 amide bonds. The van der Waals surface area contributed by atoms with Gasteiger partial charge in [-0.3, -0.25) is 20.0 Å². The van der Waals surface area contributed by atoms with Crippen LogP contribution in [0.5, 0.6) is 5.75 Å². The van der Waals surface area contributed by atoms with E-state index >= 15 is 0 Å². The third-order valence-corrected chi connectivity index (χ3v) is 4.64. The van der Waals surface area contributed by atoms with E-state index in [4.69, 9.17) is 0 Å². The third kappa shape index (κ3) is 3.47. The van der Waals surface area contributed by atoms with Crippen LogP contribution >= 0.6 is 0 Å². The Morgan fingerprint density at radius 2 is 2.04 bits per heavy atom. The maximum atomic E-state index is 11.0. The Balaban J connectivity index is 1.53. The summed E-state index contributed by atoms with van der Waals surface area (Å²) in [5.41, 5.74) is 3.24. The predicted octanol–water partition coefficient (Wildman–Crippen LogP) is 2.71. The minimum atomic E-state index is -0.571. The highest BCUT2D eigenvalue weighted by atomic mass is 16.6. The number of aromatic nitrogens is 3.